The second-order valence-electron chi connectivity index (χ2n) is 9.47. The zero-order valence-electron chi connectivity index (χ0n) is 21.5. The molecule has 1 unspecified atom stereocenters. The number of rotatable bonds is 5. The molecule has 1 spiro atoms. The Kier molecular flexibility index (Phi) is 5.85. The largest absolute Gasteiger partial charge is 0.463 e. The summed E-state index contributed by atoms with van der Waals surface area (Å²) in [5.74, 6) is -2.30. The molecule has 0 saturated heterocycles. The number of nitriles is 1. The molecule has 2 N–H and O–H groups in total. The van der Waals surface area contributed by atoms with E-state index in [9.17, 15) is 19.6 Å². The number of esters is 1. The highest BCUT2D eigenvalue weighted by atomic mass is 16.5. The van der Waals surface area contributed by atoms with Crippen molar-refractivity contribution in [2.45, 2.75) is 13.5 Å². The van der Waals surface area contributed by atoms with Gasteiger partial charge in [-0.25, -0.2) is 4.79 Å². The van der Waals surface area contributed by atoms with Gasteiger partial charge in [-0.1, -0.05) is 84.9 Å². The molecule has 0 saturated carbocycles. The Labute approximate surface area is 230 Å². The molecule has 8 nitrogen and oxygen atoms in total. The highest BCUT2D eigenvalue weighted by molar-refractivity contribution is 6.29. The average Bonchev–Trinajstić information content (AvgIpc) is 3.39. The lowest BCUT2D eigenvalue weighted by Crippen LogP contribution is -2.45. The molecule has 6 rings (SSSR count). The fraction of sp³-hybridized carbons (Fsp3) is 0.125. The number of amides is 1. The minimum Gasteiger partial charge on any atom is -0.463 e. The van der Waals surface area contributed by atoms with Crippen LogP contribution >= 0.6 is 0 Å². The molecule has 2 heterocycles. The summed E-state index contributed by atoms with van der Waals surface area (Å²) in [6.07, 6.45) is 0. The van der Waals surface area contributed by atoms with Gasteiger partial charge in [0.05, 0.1) is 30.0 Å². The summed E-state index contributed by atoms with van der Waals surface area (Å²) in [7, 11) is 0. The molecule has 3 aliphatic rings. The summed E-state index contributed by atoms with van der Waals surface area (Å²) in [6, 6.07) is 26.9. The van der Waals surface area contributed by atoms with E-state index in [0.29, 0.717) is 11.1 Å². The van der Waals surface area contributed by atoms with Crippen molar-refractivity contribution >= 4 is 29.1 Å². The number of Topliss-reactive ketones (excluding diaryl/α,β-unsaturated/α-hetero) is 1. The number of carbonyl (C=O) groups excluding carboxylic acids is 3. The van der Waals surface area contributed by atoms with E-state index in [-0.39, 0.29) is 52.8 Å². The number of nitrogens with two attached hydrogens (primary N) is 1. The lowest BCUT2D eigenvalue weighted by molar-refractivity contribution is -0.141. The summed E-state index contributed by atoms with van der Waals surface area (Å²) < 4.78 is 11.4. The van der Waals surface area contributed by atoms with Gasteiger partial charge in [-0.3, -0.25) is 9.59 Å². The predicted molar refractivity (Wildman–Crippen MR) is 145 cm³/mol. The van der Waals surface area contributed by atoms with Crippen LogP contribution in [0.3, 0.4) is 0 Å². The van der Waals surface area contributed by atoms with Crippen LogP contribution in [0.25, 0.3) is 11.5 Å². The van der Waals surface area contributed by atoms with Crippen molar-refractivity contribution in [3.63, 3.8) is 0 Å². The maximum absolute atomic E-state index is 14.9. The van der Waals surface area contributed by atoms with Gasteiger partial charge in [0.2, 0.25) is 11.8 Å². The lowest BCUT2D eigenvalue weighted by Gasteiger charge is -2.34. The molecule has 0 radical (unpaired) electrons. The van der Waals surface area contributed by atoms with E-state index < -0.39 is 23.1 Å². The number of hydrogen-bond donors (Lipinski definition) is 1. The van der Waals surface area contributed by atoms with E-state index >= 15 is 0 Å². The van der Waals surface area contributed by atoms with Gasteiger partial charge in [0, 0.05) is 11.1 Å². The van der Waals surface area contributed by atoms with Gasteiger partial charge in [0.15, 0.2) is 11.2 Å². The smallest absolute Gasteiger partial charge is 0.337 e. The molecule has 1 amide bonds. The number of ether oxygens (including phenoxy) is 2. The first-order valence-electron chi connectivity index (χ1n) is 12.7. The Balaban J connectivity index is 1.74. The Hall–Kier alpha value is -5.42. The average molecular weight is 530 g/mol. The SMILES string of the molecule is CCOC(=O)C1=C(c2ccccc2)N(Cc2ccccc2)C(=O)C12C(C#N)=C(N)OC1=C2C(=O)c2ccccc21. The molecule has 3 aromatic rings. The molecule has 2 aliphatic heterocycles. The van der Waals surface area contributed by atoms with E-state index in [1.54, 1.807) is 55.5 Å². The molecular weight excluding hydrogens is 506 g/mol. The van der Waals surface area contributed by atoms with Crippen LogP contribution in [-0.4, -0.2) is 29.2 Å². The van der Waals surface area contributed by atoms with Crippen molar-refractivity contribution in [3.05, 3.63) is 130 Å². The van der Waals surface area contributed by atoms with Crippen LogP contribution in [-0.2, 0) is 25.6 Å². The highest BCUT2D eigenvalue weighted by Gasteiger charge is 2.67. The van der Waals surface area contributed by atoms with Gasteiger partial charge in [-0.15, -0.1) is 0 Å². The van der Waals surface area contributed by atoms with Crippen LogP contribution in [0.1, 0.15) is 34.0 Å². The van der Waals surface area contributed by atoms with Gasteiger partial charge in [0.1, 0.15) is 17.4 Å². The van der Waals surface area contributed by atoms with E-state index in [1.165, 1.54) is 4.90 Å². The monoisotopic (exact) mass is 529 g/mol. The van der Waals surface area contributed by atoms with Gasteiger partial charge >= 0.3 is 5.97 Å². The van der Waals surface area contributed by atoms with Crippen molar-refractivity contribution in [1.29, 1.82) is 5.26 Å². The molecule has 1 atom stereocenters. The first-order chi connectivity index (χ1) is 19.4. The molecular formula is C32H23N3O5. The molecule has 0 fully saturated rings. The van der Waals surface area contributed by atoms with Gasteiger partial charge in [-0.05, 0) is 18.1 Å². The maximum atomic E-state index is 14.9. The van der Waals surface area contributed by atoms with Crippen LogP contribution in [0.2, 0.25) is 0 Å². The van der Waals surface area contributed by atoms with Crippen molar-refractivity contribution < 1.29 is 23.9 Å². The number of ketones is 1. The molecule has 8 heteroatoms. The second-order valence-corrected chi connectivity index (χ2v) is 9.47. The van der Waals surface area contributed by atoms with E-state index in [1.807, 2.05) is 42.5 Å². The Bertz CT molecular complexity index is 1730. The zero-order chi connectivity index (χ0) is 28.0. The molecule has 1 aliphatic carbocycles. The third kappa shape index (κ3) is 3.34. The minimum absolute atomic E-state index is 0.00498. The highest BCUT2D eigenvalue weighted by Crippen LogP contribution is 2.60. The van der Waals surface area contributed by atoms with E-state index in [2.05, 4.69) is 0 Å². The Morgan fingerprint density at radius 3 is 2.25 bits per heavy atom. The predicted octanol–water partition coefficient (Wildman–Crippen LogP) is 4.32. The van der Waals surface area contributed by atoms with Crippen LogP contribution in [0, 0.1) is 16.7 Å². The standard InChI is InChI=1S/C32H23N3O5/c1-2-39-30(37)24-26(20-13-7-4-8-14-20)35(18-19-11-5-3-6-12-19)31(38)32(24)23(17-33)29(34)40-28-22-16-10-9-15-21(22)27(36)25(28)32/h3-16H,2,18,34H2,1H3. The van der Waals surface area contributed by atoms with Crippen LogP contribution < -0.4 is 5.73 Å². The Morgan fingerprint density at radius 2 is 1.60 bits per heavy atom. The number of nitrogens with zero attached hydrogens (tertiary/aromatic N) is 2. The van der Waals surface area contributed by atoms with Crippen LogP contribution in [0.15, 0.2) is 108 Å². The summed E-state index contributed by atoms with van der Waals surface area (Å²) in [5, 5.41) is 10.4. The second kappa shape index (κ2) is 9.40. The van der Waals surface area contributed by atoms with E-state index in [0.717, 1.165) is 5.56 Å². The van der Waals surface area contributed by atoms with Crippen LogP contribution in [0.4, 0.5) is 0 Å². The fourth-order valence-corrected chi connectivity index (χ4v) is 5.76. The summed E-state index contributed by atoms with van der Waals surface area (Å²) in [5.41, 5.74) is 5.85. The molecule has 3 aromatic carbocycles. The number of hydrogen-bond acceptors (Lipinski definition) is 7. The lowest BCUT2D eigenvalue weighted by atomic mass is 9.66. The first-order valence-corrected chi connectivity index (χ1v) is 12.7. The van der Waals surface area contributed by atoms with Crippen molar-refractivity contribution in [3.8, 4) is 6.07 Å². The van der Waals surface area contributed by atoms with Crippen LogP contribution in [0.5, 0.6) is 0 Å². The summed E-state index contributed by atoms with van der Waals surface area (Å²) >= 11 is 0. The topological polar surface area (TPSA) is 123 Å². The molecule has 0 aromatic heterocycles. The van der Waals surface area contributed by atoms with Crippen molar-refractivity contribution in [2.75, 3.05) is 6.61 Å². The van der Waals surface area contributed by atoms with E-state index in [4.69, 9.17) is 15.2 Å². The number of benzene rings is 3. The van der Waals surface area contributed by atoms with Crippen molar-refractivity contribution in [1.82, 2.24) is 4.90 Å². The fourth-order valence-electron chi connectivity index (χ4n) is 5.76. The summed E-state index contributed by atoms with van der Waals surface area (Å²) in [6.45, 7) is 1.72. The zero-order valence-corrected chi connectivity index (χ0v) is 21.5. The quantitative estimate of drug-likeness (QED) is 0.488. The first kappa shape index (κ1) is 24.9. The molecule has 196 valence electrons. The van der Waals surface area contributed by atoms with Gasteiger partial charge < -0.3 is 20.1 Å². The van der Waals surface area contributed by atoms with Gasteiger partial charge in [0.25, 0.3) is 0 Å². The molecule has 0 bridgehead atoms. The number of carbonyl (C=O) groups is 3. The third-order valence-electron chi connectivity index (χ3n) is 7.35. The van der Waals surface area contributed by atoms with Gasteiger partial charge in [-0.2, -0.15) is 5.26 Å². The minimum atomic E-state index is -2.17. The molecule has 40 heavy (non-hydrogen) atoms. The summed E-state index contributed by atoms with van der Waals surface area (Å²) in [4.78, 5) is 44.4. The van der Waals surface area contributed by atoms with Crippen molar-refractivity contribution in [2.24, 2.45) is 11.1 Å². The number of fused-ring (bicyclic) bond motifs is 3. The maximum Gasteiger partial charge on any atom is 0.337 e. The third-order valence-corrected chi connectivity index (χ3v) is 7.35. The Morgan fingerprint density at radius 1 is 0.975 bits per heavy atom. The normalized spacial score (nSPS) is 19.6.